The van der Waals surface area contributed by atoms with Crippen molar-refractivity contribution in [1.29, 1.82) is 0 Å². The Bertz CT molecular complexity index is 691. The second-order valence-corrected chi connectivity index (χ2v) is 5.56. The van der Waals surface area contributed by atoms with Crippen LogP contribution in [0.3, 0.4) is 0 Å². The highest BCUT2D eigenvalue weighted by Gasteiger charge is 2.53. The van der Waals surface area contributed by atoms with Crippen molar-refractivity contribution in [2.24, 2.45) is 0 Å². The second-order valence-electron chi connectivity index (χ2n) is 5.56. The number of imidazole rings is 1. The molecule has 1 aliphatic rings. The van der Waals surface area contributed by atoms with Gasteiger partial charge in [0.2, 0.25) is 0 Å². The smallest absolute Gasteiger partial charge is 0.175 e. The maximum absolute atomic E-state index is 14.4. The fraction of sp³-hybridized carbons (Fsp3) is 0.615. The molecule has 0 spiro atoms. The maximum Gasteiger partial charge on any atom is 0.175 e. The molecule has 114 valence electrons. The van der Waals surface area contributed by atoms with Gasteiger partial charge in [0.05, 0.1) is 24.2 Å². The first-order chi connectivity index (χ1) is 9.87. The van der Waals surface area contributed by atoms with Crippen molar-refractivity contribution in [2.75, 3.05) is 6.61 Å². The molecule has 1 saturated heterocycles. The van der Waals surface area contributed by atoms with E-state index in [0.29, 0.717) is 22.9 Å². The maximum atomic E-state index is 14.4. The molecule has 2 aromatic rings. The van der Waals surface area contributed by atoms with Crippen LogP contribution in [0.15, 0.2) is 6.20 Å². The van der Waals surface area contributed by atoms with E-state index in [1.807, 2.05) is 0 Å². The molecule has 8 heteroatoms. The number of hydrogen-bond donors (Lipinski definition) is 2. The zero-order valence-corrected chi connectivity index (χ0v) is 12.0. The summed E-state index contributed by atoms with van der Waals surface area (Å²) >= 11 is 0. The van der Waals surface area contributed by atoms with Gasteiger partial charge in [-0.25, -0.2) is 18.9 Å². The standard InChI is InChI=1S/C13H17FN4O3/c1-6-12-15-4-8(18(12)17-7(2)16-6)10-9(14)11(20)13(3,5-19)21-10/h4,9-11,19-20H,5H2,1-3H3/t9-,10-,11-,13+/m0/s1. The molecule has 0 aliphatic carbocycles. The molecule has 3 heterocycles. The molecule has 0 saturated carbocycles. The van der Waals surface area contributed by atoms with Gasteiger partial charge in [-0.2, -0.15) is 5.10 Å². The van der Waals surface area contributed by atoms with Crippen molar-refractivity contribution in [3.8, 4) is 0 Å². The Morgan fingerprint density at radius 1 is 1.48 bits per heavy atom. The van der Waals surface area contributed by atoms with Crippen LogP contribution in [0.25, 0.3) is 5.65 Å². The Morgan fingerprint density at radius 3 is 2.81 bits per heavy atom. The van der Waals surface area contributed by atoms with E-state index in [1.54, 1.807) is 13.8 Å². The SMILES string of the molecule is Cc1nc(C)c2ncc([C@@H]3O[C@](C)(CO)[C@@H](O)[C@H]3F)n2n1. The number of alkyl halides is 1. The molecule has 2 N–H and O–H groups in total. The first-order valence-electron chi connectivity index (χ1n) is 6.67. The molecule has 1 aliphatic heterocycles. The average molecular weight is 296 g/mol. The van der Waals surface area contributed by atoms with Gasteiger partial charge in [-0.05, 0) is 20.8 Å². The summed E-state index contributed by atoms with van der Waals surface area (Å²) in [6.07, 6.45) is -2.66. The molecule has 0 unspecified atom stereocenters. The predicted octanol–water partition coefficient (Wildman–Crippen LogP) is 0.262. The van der Waals surface area contributed by atoms with Gasteiger partial charge in [-0.3, -0.25) is 0 Å². The van der Waals surface area contributed by atoms with Gasteiger partial charge in [0.25, 0.3) is 0 Å². The van der Waals surface area contributed by atoms with Gasteiger partial charge in [0, 0.05) is 0 Å². The van der Waals surface area contributed by atoms with Crippen molar-refractivity contribution in [3.05, 3.63) is 23.4 Å². The van der Waals surface area contributed by atoms with Gasteiger partial charge in [-0.1, -0.05) is 0 Å². The van der Waals surface area contributed by atoms with E-state index < -0.39 is 30.6 Å². The Kier molecular flexibility index (Phi) is 3.19. The number of aromatic nitrogens is 4. The van der Waals surface area contributed by atoms with Crippen LogP contribution in [0.5, 0.6) is 0 Å². The Hall–Kier alpha value is -1.64. The molecule has 1 fully saturated rings. The number of aliphatic hydroxyl groups is 2. The van der Waals surface area contributed by atoms with Crippen LogP contribution in [0.2, 0.25) is 0 Å². The Labute approximate surface area is 120 Å². The first-order valence-corrected chi connectivity index (χ1v) is 6.67. The minimum absolute atomic E-state index is 0.391. The highest BCUT2D eigenvalue weighted by molar-refractivity contribution is 5.44. The lowest BCUT2D eigenvalue weighted by atomic mass is 9.98. The van der Waals surface area contributed by atoms with E-state index in [4.69, 9.17) is 4.74 Å². The van der Waals surface area contributed by atoms with Gasteiger partial charge in [0.1, 0.15) is 23.6 Å². The minimum atomic E-state index is -1.67. The summed E-state index contributed by atoms with van der Waals surface area (Å²) in [6, 6.07) is 0. The minimum Gasteiger partial charge on any atom is -0.393 e. The van der Waals surface area contributed by atoms with E-state index in [-0.39, 0.29) is 0 Å². The highest BCUT2D eigenvalue weighted by Crippen LogP contribution is 2.41. The molecule has 4 atom stereocenters. The summed E-state index contributed by atoms with van der Waals surface area (Å²) in [5.41, 5.74) is 0.235. The van der Waals surface area contributed by atoms with Crippen LogP contribution >= 0.6 is 0 Å². The first kappa shape index (κ1) is 14.3. The quantitative estimate of drug-likeness (QED) is 0.826. The molecule has 2 aromatic heterocycles. The van der Waals surface area contributed by atoms with E-state index in [9.17, 15) is 14.6 Å². The summed E-state index contributed by atoms with van der Waals surface area (Å²) < 4.78 is 21.4. The Morgan fingerprint density at radius 2 is 2.19 bits per heavy atom. The average Bonchev–Trinajstić information content (AvgIpc) is 2.95. The normalized spacial score (nSPS) is 33.0. The molecule has 3 rings (SSSR count). The molecule has 21 heavy (non-hydrogen) atoms. The molecule has 0 amide bonds. The summed E-state index contributed by atoms with van der Waals surface area (Å²) in [7, 11) is 0. The number of aliphatic hydroxyl groups excluding tert-OH is 2. The number of rotatable bonds is 2. The lowest BCUT2D eigenvalue weighted by Gasteiger charge is -2.24. The zero-order valence-electron chi connectivity index (χ0n) is 12.0. The van der Waals surface area contributed by atoms with Crippen molar-refractivity contribution in [1.82, 2.24) is 19.6 Å². The summed E-state index contributed by atoms with van der Waals surface area (Å²) in [4.78, 5) is 8.39. The summed E-state index contributed by atoms with van der Waals surface area (Å²) in [5.74, 6) is 0.526. The zero-order chi connectivity index (χ0) is 15.4. The van der Waals surface area contributed by atoms with Crippen LogP contribution in [0.1, 0.15) is 30.2 Å². The molecule has 0 bridgehead atoms. The predicted molar refractivity (Wildman–Crippen MR) is 70.5 cm³/mol. The van der Waals surface area contributed by atoms with Gasteiger partial charge in [0.15, 0.2) is 11.8 Å². The van der Waals surface area contributed by atoms with Gasteiger partial charge in [-0.15, -0.1) is 0 Å². The molecule has 0 radical (unpaired) electrons. The largest absolute Gasteiger partial charge is 0.393 e. The van der Waals surface area contributed by atoms with Crippen molar-refractivity contribution in [3.63, 3.8) is 0 Å². The topological polar surface area (TPSA) is 92.8 Å². The number of nitrogens with zero attached hydrogens (tertiary/aromatic N) is 4. The van der Waals surface area contributed by atoms with Crippen molar-refractivity contribution in [2.45, 2.75) is 44.8 Å². The van der Waals surface area contributed by atoms with Gasteiger partial charge < -0.3 is 14.9 Å². The third-order valence-corrected chi connectivity index (χ3v) is 3.88. The monoisotopic (exact) mass is 296 g/mol. The lowest BCUT2D eigenvalue weighted by molar-refractivity contribution is -0.100. The molecule has 0 aromatic carbocycles. The van der Waals surface area contributed by atoms with Gasteiger partial charge >= 0.3 is 0 Å². The number of fused-ring (bicyclic) bond motifs is 1. The summed E-state index contributed by atoms with van der Waals surface area (Å²) in [6.45, 7) is 4.51. The van der Waals surface area contributed by atoms with Crippen LogP contribution in [0, 0.1) is 13.8 Å². The fourth-order valence-corrected chi connectivity index (χ4v) is 2.65. The van der Waals surface area contributed by atoms with Crippen LogP contribution < -0.4 is 0 Å². The fourth-order valence-electron chi connectivity index (χ4n) is 2.65. The second kappa shape index (κ2) is 4.69. The highest BCUT2D eigenvalue weighted by atomic mass is 19.1. The number of halogens is 1. The van der Waals surface area contributed by atoms with E-state index in [0.717, 1.165) is 0 Å². The number of hydrogen-bond acceptors (Lipinski definition) is 6. The van der Waals surface area contributed by atoms with E-state index in [1.165, 1.54) is 17.6 Å². The summed E-state index contributed by atoms with van der Waals surface area (Å²) in [5, 5.41) is 23.5. The van der Waals surface area contributed by atoms with E-state index in [2.05, 4.69) is 15.1 Å². The third kappa shape index (κ3) is 2.02. The van der Waals surface area contributed by atoms with Crippen LogP contribution in [-0.2, 0) is 4.74 Å². The number of aryl methyl sites for hydroxylation is 2. The van der Waals surface area contributed by atoms with E-state index >= 15 is 0 Å². The van der Waals surface area contributed by atoms with Crippen LogP contribution in [-0.4, -0.2) is 54.3 Å². The molecular weight excluding hydrogens is 279 g/mol. The lowest BCUT2D eigenvalue weighted by Crippen LogP contribution is -2.42. The molecular formula is C13H17FN4O3. The number of ether oxygens (including phenoxy) is 1. The Balaban J connectivity index is 2.10. The van der Waals surface area contributed by atoms with Crippen molar-refractivity contribution < 1.29 is 19.3 Å². The molecule has 7 nitrogen and oxygen atoms in total. The van der Waals surface area contributed by atoms with Crippen LogP contribution in [0.4, 0.5) is 4.39 Å². The van der Waals surface area contributed by atoms with Crippen molar-refractivity contribution >= 4 is 5.65 Å². The third-order valence-electron chi connectivity index (χ3n) is 3.88.